The number of rotatable bonds is 4. The van der Waals surface area contributed by atoms with Gasteiger partial charge in [0.05, 0.1) is 10.2 Å². The molecule has 1 rings (SSSR count). The molecule has 0 amide bonds. The normalized spacial score (nSPS) is 11.0. The Bertz CT molecular complexity index is 387. The quantitative estimate of drug-likeness (QED) is 0.849. The third kappa shape index (κ3) is 4.25. The standard InChI is InChI=1S/C10H15BrN2S2/c1-6(2)4-15-5-8-12-7(3)9(11)10(14)13-8/h6H,4-5H2,1-3H3,(H,12,13,14). The minimum atomic E-state index is 0.645. The Labute approximate surface area is 108 Å². The van der Waals surface area contributed by atoms with E-state index in [-0.39, 0.29) is 0 Å². The van der Waals surface area contributed by atoms with Gasteiger partial charge in [-0.15, -0.1) is 0 Å². The summed E-state index contributed by atoms with van der Waals surface area (Å²) in [5.41, 5.74) is 1.05. The number of aromatic nitrogens is 2. The van der Waals surface area contributed by atoms with E-state index in [1.165, 1.54) is 0 Å². The van der Waals surface area contributed by atoms with Gasteiger partial charge in [0.1, 0.15) is 10.5 Å². The van der Waals surface area contributed by atoms with Gasteiger partial charge in [0.2, 0.25) is 0 Å². The molecule has 0 aliphatic carbocycles. The van der Waals surface area contributed by atoms with Crippen LogP contribution in [-0.2, 0) is 5.75 Å². The van der Waals surface area contributed by atoms with Crippen LogP contribution in [-0.4, -0.2) is 15.7 Å². The molecule has 0 spiro atoms. The van der Waals surface area contributed by atoms with Crippen LogP contribution in [0.15, 0.2) is 4.47 Å². The van der Waals surface area contributed by atoms with Gasteiger partial charge in [-0.1, -0.05) is 26.1 Å². The first-order valence-electron chi connectivity index (χ1n) is 4.83. The van der Waals surface area contributed by atoms with Crippen molar-refractivity contribution in [2.24, 2.45) is 5.92 Å². The maximum atomic E-state index is 5.14. The van der Waals surface area contributed by atoms with E-state index in [9.17, 15) is 0 Å². The minimum absolute atomic E-state index is 0.645. The summed E-state index contributed by atoms with van der Waals surface area (Å²) in [5, 5.41) is 0. The molecule has 0 aromatic carbocycles. The van der Waals surface area contributed by atoms with E-state index in [1.54, 1.807) is 0 Å². The van der Waals surface area contributed by atoms with Crippen molar-refractivity contribution < 1.29 is 0 Å². The minimum Gasteiger partial charge on any atom is -0.346 e. The molecule has 0 atom stereocenters. The fourth-order valence-electron chi connectivity index (χ4n) is 1.09. The number of nitrogens with zero attached hydrogens (tertiary/aromatic N) is 1. The molecule has 1 N–H and O–H groups in total. The van der Waals surface area contributed by atoms with Gasteiger partial charge in [0.25, 0.3) is 0 Å². The Morgan fingerprint density at radius 1 is 1.53 bits per heavy atom. The van der Waals surface area contributed by atoms with Crippen LogP contribution in [0.1, 0.15) is 25.4 Å². The first-order valence-corrected chi connectivity index (χ1v) is 7.19. The van der Waals surface area contributed by atoms with Gasteiger partial charge in [-0.2, -0.15) is 11.8 Å². The summed E-state index contributed by atoms with van der Waals surface area (Å²) in [6.45, 7) is 6.43. The van der Waals surface area contributed by atoms with Crippen molar-refractivity contribution in [2.45, 2.75) is 26.5 Å². The van der Waals surface area contributed by atoms with Crippen LogP contribution in [0.2, 0.25) is 0 Å². The van der Waals surface area contributed by atoms with Gasteiger partial charge in [-0.25, -0.2) is 4.98 Å². The fourth-order valence-corrected chi connectivity index (χ4v) is 2.46. The highest BCUT2D eigenvalue weighted by molar-refractivity contribution is 9.10. The van der Waals surface area contributed by atoms with Crippen molar-refractivity contribution in [3.8, 4) is 0 Å². The Kier molecular flexibility index (Phi) is 5.29. The van der Waals surface area contributed by atoms with Crippen molar-refractivity contribution in [3.63, 3.8) is 0 Å². The third-order valence-electron chi connectivity index (χ3n) is 1.78. The molecule has 0 saturated carbocycles. The molecule has 0 unspecified atom stereocenters. The Hall–Kier alpha value is 0.130. The lowest BCUT2D eigenvalue weighted by atomic mass is 10.3. The number of hydrogen-bond donors (Lipinski definition) is 1. The molecule has 1 aromatic rings. The van der Waals surface area contributed by atoms with Crippen LogP contribution in [0.3, 0.4) is 0 Å². The molecule has 0 aliphatic heterocycles. The first kappa shape index (κ1) is 13.2. The highest BCUT2D eigenvalue weighted by atomic mass is 79.9. The van der Waals surface area contributed by atoms with Crippen molar-refractivity contribution in [2.75, 3.05) is 5.75 Å². The SMILES string of the molecule is Cc1[nH]c(CSCC(C)C)nc(=S)c1Br. The zero-order chi connectivity index (χ0) is 11.4. The summed E-state index contributed by atoms with van der Waals surface area (Å²) in [6, 6.07) is 0. The van der Waals surface area contributed by atoms with Crippen molar-refractivity contribution in [3.05, 3.63) is 20.6 Å². The molecule has 0 fully saturated rings. The second-order valence-corrected chi connectivity index (χ2v) is 6.05. The van der Waals surface area contributed by atoms with Gasteiger partial charge >= 0.3 is 0 Å². The maximum absolute atomic E-state index is 5.14. The lowest BCUT2D eigenvalue weighted by Gasteiger charge is -2.06. The van der Waals surface area contributed by atoms with E-state index in [0.29, 0.717) is 4.64 Å². The third-order valence-corrected chi connectivity index (χ3v) is 4.68. The zero-order valence-corrected chi connectivity index (χ0v) is 12.4. The number of nitrogens with one attached hydrogen (secondary N) is 1. The van der Waals surface area contributed by atoms with Crippen LogP contribution in [0.25, 0.3) is 0 Å². The zero-order valence-electron chi connectivity index (χ0n) is 9.13. The van der Waals surface area contributed by atoms with Gasteiger partial charge in [-0.05, 0) is 34.5 Å². The molecule has 1 heterocycles. The van der Waals surface area contributed by atoms with Crippen molar-refractivity contribution in [1.82, 2.24) is 9.97 Å². The number of thioether (sulfide) groups is 1. The summed E-state index contributed by atoms with van der Waals surface area (Å²) < 4.78 is 1.54. The van der Waals surface area contributed by atoms with E-state index in [2.05, 4.69) is 39.7 Å². The Morgan fingerprint density at radius 3 is 2.73 bits per heavy atom. The van der Waals surface area contributed by atoms with Gasteiger partial charge in [-0.3, -0.25) is 0 Å². The van der Waals surface area contributed by atoms with Gasteiger partial charge < -0.3 is 4.98 Å². The molecular formula is C10H15BrN2S2. The van der Waals surface area contributed by atoms with E-state index in [1.807, 2.05) is 18.7 Å². The molecule has 0 bridgehead atoms. The highest BCUT2D eigenvalue weighted by Gasteiger charge is 2.03. The smallest absolute Gasteiger partial charge is 0.144 e. The van der Waals surface area contributed by atoms with Gasteiger partial charge in [0, 0.05) is 5.69 Å². The second kappa shape index (κ2) is 6.01. The van der Waals surface area contributed by atoms with E-state index >= 15 is 0 Å². The summed E-state index contributed by atoms with van der Waals surface area (Å²) in [7, 11) is 0. The predicted molar refractivity (Wildman–Crippen MR) is 72.9 cm³/mol. The van der Waals surface area contributed by atoms with Crippen LogP contribution in [0.5, 0.6) is 0 Å². The largest absolute Gasteiger partial charge is 0.346 e. The van der Waals surface area contributed by atoms with E-state index in [4.69, 9.17) is 12.2 Å². The second-order valence-electron chi connectivity index (χ2n) is 3.84. The molecule has 2 nitrogen and oxygen atoms in total. The lowest BCUT2D eigenvalue weighted by Crippen LogP contribution is -1.99. The Morgan fingerprint density at radius 2 is 2.20 bits per heavy atom. The molecule has 5 heteroatoms. The number of aromatic amines is 1. The summed E-state index contributed by atoms with van der Waals surface area (Å²) in [6.07, 6.45) is 0. The van der Waals surface area contributed by atoms with Crippen molar-refractivity contribution >= 4 is 39.9 Å². The van der Waals surface area contributed by atoms with E-state index in [0.717, 1.165) is 33.4 Å². The monoisotopic (exact) mass is 306 g/mol. The highest BCUT2D eigenvalue weighted by Crippen LogP contribution is 2.17. The van der Waals surface area contributed by atoms with Gasteiger partial charge in [0.15, 0.2) is 0 Å². The summed E-state index contributed by atoms with van der Waals surface area (Å²) >= 11 is 10.4. The average Bonchev–Trinajstić information content (AvgIpc) is 2.13. The molecule has 0 aliphatic rings. The molecule has 84 valence electrons. The topological polar surface area (TPSA) is 28.7 Å². The Balaban J connectivity index is 2.67. The van der Waals surface area contributed by atoms with Crippen LogP contribution in [0, 0.1) is 17.5 Å². The molecular weight excluding hydrogens is 292 g/mol. The van der Waals surface area contributed by atoms with Crippen LogP contribution >= 0.6 is 39.9 Å². The summed E-state index contributed by atoms with van der Waals surface area (Å²) in [4.78, 5) is 7.57. The summed E-state index contributed by atoms with van der Waals surface area (Å²) in [5.74, 6) is 3.73. The number of hydrogen-bond acceptors (Lipinski definition) is 3. The first-order chi connectivity index (χ1) is 7.00. The predicted octanol–water partition coefficient (Wildman–Crippen LogP) is 4.10. The molecule has 15 heavy (non-hydrogen) atoms. The number of aryl methyl sites for hydroxylation is 1. The molecule has 1 aromatic heterocycles. The van der Waals surface area contributed by atoms with E-state index < -0.39 is 0 Å². The lowest BCUT2D eigenvalue weighted by molar-refractivity contribution is 0.749. The van der Waals surface area contributed by atoms with Crippen LogP contribution < -0.4 is 0 Å². The van der Waals surface area contributed by atoms with Crippen molar-refractivity contribution in [1.29, 1.82) is 0 Å². The number of halogens is 1. The maximum Gasteiger partial charge on any atom is 0.144 e. The fraction of sp³-hybridized carbons (Fsp3) is 0.600. The molecule has 0 radical (unpaired) electrons. The van der Waals surface area contributed by atoms with Crippen LogP contribution in [0.4, 0.5) is 0 Å². The molecule has 0 saturated heterocycles. The average molecular weight is 307 g/mol. The number of H-pyrrole nitrogens is 1.